The molecule has 1 saturated carbocycles. The zero-order chi connectivity index (χ0) is 20.1. The highest BCUT2D eigenvalue weighted by atomic mass is 19.1. The number of hydrogen-bond acceptors (Lipinski definition) is 4. The standard InChI is InChI=1S/C22H31FN2O3/c1-21(2,3)28-20(26)25-13-22(14-25)9-17(10-22)24-6-5-16-7-15(12-27-4)8-19(23)18(16)11-24/h7-8,17H,5-6,9-14H2,1-4H3. The molecule has 0 aromatic heterocycles. The number of rotatable bonds is 3. The van der Waals surface area contributed by atoms with Crippen molar-refractivity contribution in [1.29, 1.82) is 0 Å². The summed E-state index contributed by atoms with van der Waals surface area (Å²) in [7, 11) is 1.63. The smallest absolute Gasteiger partial charge is 0.410 e. The van der Waals surface area contributed by atoms with Gasteiger partial charge >= 0.3 is 6.09 Å². The Morgan fingerprint density at radius 1 is 1.29 bits per heavy atom. The number of carbonyl (C=O) groups is 1. The van der Waals surface area contributed by atoms with Gasteiger partial charge < -0.3 is 14.4 Å². The molecule has 1 spiro atoms. The lowest BCUT2D eigenvalue weighted by Crippen LogP contribution is -2.68. The van der Waals surface area contributed by atoms with Crippen LogP contribution in [0.4, 0.5) is 9.18 Å². The molecule has 2 heterocycles. The van der Waals surface area contributed by atoms with Crippen LogP contribution in [0, 0.1) is 11.2 Å². The Bertz CT molecular complexity index is 760. The average Bonchev–Trinajstić information content (AvgIpc) is 2.51. The summed E-state index contributed by atoms with van der Waals surface area (Å²) in [4.78, 5) is 16.4. The molecule has 0 atom stereocenters. The van der Waals surface area contributed by atoms with E-state index in [4.69, 9.17) is 9.47 Å². The fourth-order valence-corrected chi connectivity index (χ4v) is 4.94. The molecule has 1 aromatic carbocycles. The van der Waals surface area contributed by atoms with Gasteiger partial charge in [0.25, 0.3) is 0 Å². The van der Waals surface area contributed by atoms with E-state index in [0.29, 0.717) is 19.2 Å². The quantitative estimate of drug-likeness (QED) is 0.789. The fraction of sp³-hybridized carbons (Fsp3) is 0.682. The van der Waals surface area contributed by atoms with Gasteiger partial charge in [0.05, 0.1) is 6.61 Å². The minimum absolute atomic E-state index is 0.108. The van der Waals surface area contributed by atoms with Crippen LogP contribution in [0.3, 0.4) is 0 Å². The van der Waals surface area contributed by atoms with Gasteiger partial charge in [-0.1, -0.05) is 6.07 Å². The number of fused-ring (bicyclic) bond motifs is 1. The molecule has 4 rings (SSSR count). The van der Waals surface area contributed by atoms with Crippen molar-refractivity contribution in [2.45, 2.75) is 64.8 Å². The predicted octanol–water partition coefficient (Wildman–Crippen LogP) is 3.73. The van der Waals surface area contributed by atoms with Crippen molar-refractivity contribution >= 4 is 6.09 Å². The largest absolute Gasteiger partial charge is 0.444 e. The van der Waals surface area contributed by atoms with Crippen LogP contribution in [0.25, 0.3) is 0 Å². The van der Waals surface area contributed by atoms with Crippen molar-refractivity contribution in [3.8, 4) is 0 Å². The summed E-state index contributed by atoms with van der Waals surface area (Å²) in [5.74, 6) is -0.108. The monoisotopic (exact) mass is 390 g/mol. The Labute approximate surface area is 166 Å². The molecule has 2 aliphatic heterocycles. The van der Waals surface area contributed by atoms with E-state index in [2.05, 4.69) is 11.0 Å². The molecule has 1 amide bonds. The highest BCUT2D eigenvalue weighted by Gasteiger charge is 2.55. The van der Waals surface area contributed by atoms with Crippen LogP contribution in [0.1, 0.15) is 50.3 Å². The third-order valence-corrected chi connectivity index (χ3v) is 6.25. The van der Waals surface area contributed by atoms with Crippen LogP contribution < -0.4 is 0 Å². The summed E-state index contributed by atoms with van der Waals surface area (Å²) in [5.41, 5.74) is 2.68. The zero-order valence-electron chi connectivity index (χ0n) is 17.4. The number of nitrogens with zero attached hydrogens (tertiary/aromatic N) is 2. The molecular formula is C22H31FN2O3. The Morgan fingerprint density at radius 2 is 2.00 bits per heavy atom. The molecule has 2 fully saturated rings. The summed E-state index contributed by atoms with van der Waals surface area (Å²) in [6.07, 6.45) is 2.86. The molecule has 28 heavy (non-hydrogen) atoms. The molecule has 1 aromatic rings. The van der Waals surface area contributed by atoms with Gasteiger partial charge in [-0.25, -0.2) is 9.18 Å². The van der Waals surface area contributed by atoms with Crippen molar-refractivity contribution in [2.24, 2.45) is 5.41 Å². The Kier molecular flexibility index (Phi) is 4.91. The van der Waals surface area contributed by atoms with Gasteiger partial charge in [-0.15, -0.1) is 0 Å². The molecule has 0 radical (unpaired) electrons. The third-order valence-electron chi connectivity index (χ3n) is 6.25. The van der Waals surface area contributed by atoms with Gasteiger partial charge in [-0.2, -0.15) is 0 Å². The molecule has 6 heteroatoms. The first-order valence-corrected chi connectivity index (χ1v) is 10.2. The maximum absolute atomic E-state index is 14.6. The minimum atomic E-state index is -0.448. The van der Waals surface area contributed by atoms with E-state index in [1.165, 1.54) is 0 Å². The van der Waals surface area contributed by atoms with E-state index >= 15 is 0 Å². The average molecular weight is 390 g/mol. The van der Waals surface area contributed by atoms with E-state index in [1.54, 1.807) is 13.2 Å². The first-order chi connectivity index (χ1) is 13.2. The molecule has 0 N–H and O–H groups in total. The summed E-state index contributed by atoms with van der Waals surface area (Å²) in [5, 5.41) is 0. The van der Waals surface area contributed by atoms with E-state index in [9.17, 15) is 9.18 Å². The molecule has 1 saturated heterocycles. The predicted molar refractivity (Wildman–Crippen MR) is 104 cm³/mol. The Balaban J connectivity index is 1.31. The summed E-state index contributed by atoms with van der Waals surface area (Å²) in [6.45, 7) is 9.37. The molecule has 1 aliphatic carbocycles. The topological polar surface area (TPSA) is 42.0 Å². The maximum atomic E-state index is 14.6. The lowest BCUT2D eigenvalue weighted by molar-refractivity contribution is -0.110. The lowest BCUT2D eigenvalue weighted by Gasteiger charge is -2.61. The van der Waals surface area contributed by atoms with Crippen LogP contribution in [-0.4, -0.2) is 54.3 Å². The second-order valence-corrected chi connectivity index (χ2v) is 9.77. The fourth-order valence-electron chi connectivity index (χ4n) is 4.94. The molecular weight excluding hydrogens is 359 g/mol. The van der Waals surface area contributed by atoms with Crippen molar-refractivity contribution in [2.75, 3.05) is 26.7 Å². The lowest BCUT2D eigenvalue weighted by atomic mass is 9.60. The molecule has 154 valence electrons. The Hall–Kier alpha value is -1.66. The number of halogens is 1. The molecule has 3 aliphatic rings. The number of methoxy groups -OCH3 is 1. The normalized spacial score (nSPS) is 21.8. The second-order valence-electron chi connectivity index (χ2n) is 9.77. The van der Waals surface area contributed by atoms with Gasteiger partial charge in [-0.05, 0) is 57.2 Å². The van der Waals surface area contributed by atoms with Gasteiger partial charge in [0.1, 0.15) is 11.4 Å². The Morgan fingerprint density at radius 3 is 2.64 bits per heavy atom. The maximum Gasteiger partial charge on any atom is 0.410 e. The van der Waals surface area contributed by atoms with Gasteiger partial charge in [0.15, 0.2) is 0 Å². The first kappa shape index (κ1) is 19.6. The molecule has 0 bridgehead atoms. The number of hydrogen-bond donors (Lipinski definition) is 0. The van der Waals surface area contributed by atoms with Crippen molar-refractivity contribution in [1.82, 2.24) is 9.80 Å². The molecule has 5 nitrogen and oxygen atoms in total. The van der Waals surface area contributed by atoms with E-state index in [1.807, 2.05) is 25.7 Å². The second kappa shape index (κ2) is 6.99. The van der Waals surface area contributed by atoms with Crippen LogP contribution in [-0.2, 0) is 29.0 Å². The van der Waals surface area contributed by atoms with E-state index in [0.717, 1.165) is 55.6 Å². The summed E-state index contributed by atoms with van der Waals surface area (Å²) >= 11 is 0. The van der Waals surface area contributed by atoms with Crippen molar-refractivity contribution < 1.29 is 18.7 Å². The molecule has 0 unspecified atom stereocenters. The number of likely N-dealkylation sites (tertiary alicyclic amines) is 1. The zero-order valence-corrected chi connectivity index (χ0v) is 17.4. The van der Waals surface area contributed by atoms with Crippen LogP contribution >= 0.6 is 0 Å². The van der Waals surface area contributed by atoms with E-state index < -0.39 is 5.60 Å². The van der Waals surface area contributed by atoms with E-state index in [-0.39, 0.29) is 17.3 Å². The first-order valence-electron chi connectivity index (χ1n) is 10.2. The van der Waals surface area contributed by atoms with Gasteiger partial charge in [0.2, 0.25) is 0 Å². The van der Waals surface area contributed by atoms with Gasteiger partial charge in [-0.3, -0.25) is 4.90 Å². The van der Waals surface area contributed by atoms with Crippen LogP contribution in [0.5, 0.6) is 0 Å². The summed E-state index contributed by atoms with van der Waals surface area (Å²) in [6, 6.07) is 4.19. The number of amides is 1. The summed E-state index contributed by atoms with van der Waals surface area (Å²) < 4.78 is 25.2. The minimum Gasteiger partial charge on any atom is -0.444 e. The van der Waals surface area contributed by atoms with Crippen LogP contribution in [0.15, 0.2) is 12.1 Å². The number of carbonyl (C=O) groups excluding carboxylic acids is 1. The number of ether oxygens (including phenoxy) is 2. The van der Waals surface area contributed by atoms with Crippen LogP contribution in [0.2, 0.25) is 0 Å². The highest BCUT2D eigenvalue weighted by molar-refractivity contribution is 5.69. The van der Waals surface area contributed by atoms with Crippen molar-refractivity contribution in [3.63, 3.8) is 0 Å². The highest BCUT2D eigenvalue weighted by Crippen LogP contribution is 2.51. The SMILES string of the molecule is COCc1cc(F)c2c(c1)CCN(C1CC3(C1)CN(C(=O)OC(C)(C)C)C3)C2. The number of benzene rings is 1. The van der Waals surface area contributed by atoms with Crippen molar-refractivity contribution in [3.05, 3.63) is 34.6 Å². The van der Waals surface area contributed by atoms with Gasteiger partial charge in [0, 0.05) is 50.3 Å². The third kappa shape index (κ3) is 3.77.